The Hall–Kier alpha value is -2.96. The molecule has 4 rings (SSSR count). The van der Waals surface area contributed by atoms with Crippen LogP contribution in [-0.2, 0) is 32.5 Å². The lowest BCUT2D eigenvalue weighted by atomic mass is 9.81. The predicted molar refractivity (Wildman–Crippen MR) is 194 cm³/mol. The molecular weight excluding hydrogens is 661 g/mol. The third-order valence-electron chi connectivity index (χ3n) is 9.86. The summed E-state index contributed by atoms with van der Waals surface area (Å²) < 4.78 is 28.8. The molecule has 2 aliphatic rings. The van der Waals surface area contributed by atoms with Crippen LogP contribution in [0.4, 0.5) is 0 Å². The van der Waals surface area contributed by atoms with Crippen molar-refractivity contribution in [2.45, 2.75) is 95.8 Å². The second kappa shape index (κ2) is 18.9. The Labute approximate surface area is 296 Å². The molecule has 5 atom stereocenters. The number of hydrogen-bond donors (Lipinski definition) is 3. The lowest BCUT2D eigenvalue weighted by Gasteiger charge is -2.32. The fourth-order valence-electron chi connectivity index (χ4n) is 7.10. The van der Waals surface area contributed by atoms with Crippen molar-refractivity contribution in [3.8, 4) is 0 Å². The Bertz CT molecular complexity index is 1450. The number of rotatable bonds is 17. The highest BCUT2D eigenvalue weighted by atomic mass is 32.2. The molecule has 1 saturated heterocycles. The third kappa shape index (κ3) is 12.1. The second-order valence-corrected chi connectivity index (χ2v) is 17.1. The van der Waals surface area contributed by atoms with E-state index in [1.165, 1.54) is 22.1 Å². The summed E-state index contributed by atoms with van der Waals surface area (Å²) >= 11 is 1.39. The van der Waals surface area contributed by atoms with Gasteiger partial charge < -0.3 is 21.3 Å². The summed E-state index contributed by atoms with van der Waals surface area (Å²) in [6, 6.07) is 6.57. The number of nitrogens with one attached hydrogen (secondary N) is 2. The number of likely N-dealkylation sites (N-methyl/N-ethyl adjacent to an activating group) is 1. The van der Waals surface area contributed by atoms with Gasteiger partial charge in [0.25, 0.3) is 0 Å². The van der Waals surface area contributed by atoms with Gasteiger partial charge in [0.2, 0.25) is 27.2 Å². The van der Waals surface area contributed by atoms with E-state index in [4.69, 9.17) is 5.73 Å². The number of benzene rings is 1. The first-order chi connectivity index (χ1) is 23.4. The first kappa shape index (κ1) is 38.8. The van der Waals surface area contributed by atoms with E-state index in [2.05, 4.69) is 39.3 Å². The van der Waals surface area contributed by atoms with Crippen LogP contribution < -0.4 is 16.4 Å². The lowest BCUT2D eigenvalue weighted by molar-refractivity contribution is -0.131. The van der Waals surface area contributed by atoms with Gasteiger partial charge in [-0.15, -0.1) is 11.3 Å². The Balaban J connectivity index is 1.58. The van der Waals surface area contributed by atoms with E-state index >= 15 is 0 Å². The Morgan fingerprint density at radius 1 is 1.04 bits per heavy atom. The largest absolute Gasteiger partial charge is 0.348 e. The molecule has 0 bridgehead atoms. The zero-order valence-electron chi connectivity index (χ0n) is 29.2. The van der Waals surface area contributed by atoms with E-state index in [-0.39, 0.29) is 24.5 Å². The molecule has 2 amide bonds. The van der Waals surface area contributed by atoms with E-state index in [1.54, 1.807) is 5.51 Å². The van der Waals surface area contributed by atoms with Gasteiger partial charge in [-0.05, 0) is 43.7 Å². The highest BCUT2D eigenvalue weighted by Crippen LogP contribution is 2.29. The van der Waals surface area contributed by atoms with Gasteiger partial charge in [0.05, 0.1) is 28.9 Å². The smallest absolute Gasteiger partial charge is 0.344 e. The molecular formula is C35H55N8O4S2+. The maximum atomic E-state index is 14.2. The van der Waals surface area contributed by atoms with Gasteiger partial charge in [0.1, 0.15) is 17.1 Å². The molecule has 2 fully saturated rings. The number of sulfonamides is 1. The zero-order chi connectivity index (χ0) is 35.4. The average molecular weight is 716 g/mol. The number of piperazine rings is 1. The molecule has 14 heteroatoms. The van der Waals surface area contributed by atoms with Gasteiger partial charge in [-0.2, -0.15) is 4.31 Å². The van der Waals surface area contributed by atoms with Crippen LogP contribution in [0, 0.1) is 23.1 Å². The molecule has 1 aromatic carbocycles. The molecule has 49 heavy (non-hydrogen) atoms. The summed E-state index contributed by atoms with van der Waals surface area (Å²) in [5, 5.41) is 18.1. The van der Waals surface area contributed by atoms with Crippen LogP contribution in [-0.4, -0.2) is 97.6 Å². The number of carbonyl (C=O) groups is 2. The van der Waals surface area contributed by atoms with Crippen molar-refractivity contribution < 1.29 is 18.0 Å². The molecule has 270 valence electrons. The molecule has 2 heterocycles. The lowest BCUT2D eigenvalue weighted by Crippen LogP contribution is -2.57. The molecule has 1 aliphatic heterocycles. The van der Waals surface area contributed by atoms with Crippen molar-refractivity contribution >= 4 is 33.2 Å². The van der Waals surface area contributed by atoms with Gasteiger partial charge in [-0.3, -0.25) is 9.59 Å². The Kier molecular flexibility index (Phi) is 15.0. The first-order valence-electron chi connectivity index (χ1n) is 17.7. The molecule has 12 nitrogen and oxygen atoms in total. The first-order valence-corrected chi connectivity index (χ1v) is 20.3. The zero-order valence-corrected chi connectivity index (χ0v) is 30.9. The minimum absolute atomic E-state index is 0.124. The van der Waals surface area contributed by atoms with E-state index in [9.17, 15) is 23.4 Å². The maximum absolute atomic E-state index is 14.2. The number of hydrogen-bond acceptors (Lipinski definition) is 9. The number of carbonyl (C=O) groups excluding carboxylic acids is 2. The number of nitrogens with zero attached hydrogens (tertiary/aromatic N) is 5. The number of thiazole rings is 1. The van der Waals surface area contributed by atoms with Crippen molar-refractivity contribution in [2.24, 2.45) is 23.5 Å². The molecule has 1 aliphatic carbocycles. The van der Waals surface area contributed by atoms with Crippen LogP contribution in [0.3, 0.4) is 0 Å². The molecule has 0 spiro atoms. The summed E-state index contributed by atoms with van der Waals surface area (Å²) in [6.07, 6.45) is 7.04. The molecule has 4 N–H and O–H groups in total. The van der Waals surface area contributed by atoms with Crippen molar-refractivity contribution in [2.75, 3.05) is 39.0 Å². The van der Waals surface area contributed by atoms with E-state index in [0.717, 1.165) is 31.2 Å². The minimum Gasteiger partial charge on any atom is -0.344 e. The standard InChI is InChI=1S/C35H54N8O4S2/c1-25(2)18-30(36)33(41-37)31(20-27-12-8-5-9-13-27)39-35(45)32(21-29-22-48-24-38-29)40-34(44)28(19-26-10-6-4-7-11-26)23-49(46,47)43-16-14-42(3)15-17-43/h4,6-7,10-11,22,24-25,27-28,30-33H,5,8-9,12-21,23,36H2,1-3H3,(H-,39,40,44,45)/p+1/t28-,30+,31+,32+,33?/m1/s1. The normalized spacial score (nSPS) is 19.8. The van der Waals surface area contributed by atoms with Crippen LogP contribution in [0.25, 0.3) is 4.98 Å². The quantitative estimate of drug-likeness (QED) is 0.209. The SMILES string of the molecule is CC(C)C[C@H](N)C([N+]#N)[C@H](CC1CCCCC1)NC(=O)[C@H](Cc1cscn1)NC(=O)[C@H](Cc1ccccc1)CS(=O)(=O)N1CCN(C)CC1. The number of aromatic nitrogens is 1. The maximum Gasteiger partial charge on any atom is 0.348 e. The van der Waals surface area contributed by atoms with Crippen LogP contribution in [0.2, 0.25) is 0 Å². The van der Waals surface area contributed by atoms with Crippen molar-refractivity contribution in [1.29, 1.82) is 5.39 Å². The third-order valence-corrected chi connectivity index (χ3v) is 12.5. The van der Waals surface area contributed by atoms with Crippen LogP contribution in [0.5, 0.6) is 0 Å². The summed E-state index contributed by atoms with van der Waals surface area (Å²) in [4.78, 5) is 38.5. The van der Waals surface area contributed by atoms with Crippen molar-refractivity contribution in [1.82, 2.24) is 24.8 Å². The fourth-order valence-corrected chi connectivity index (χ4v) is 9.37. The molecule has 2 aromatic rings. The molecule has 0 radical (unpaired) electrons. The van der Waals surface area contributed by atoms with Gasteiger partial charge in [0, 0.05) is 38.0 Å². The van der Waals surface area contributed by atoms with Crippen LogP contribution in [0.1, 0.15) is 70.1 Å². The summed E-state index contributed by atoms with van der Waals surface area (Å²) in [5.74, 6) is -1.63. The van der Waals surface area contributed by atoms with Crippen LogP contribution in [0.15, 0.2) is 41.2 Å². The average Bonchev–Trinajstić information content (AvgIpc) is 3.58. The number of diazo groups is 1. The van der Waals surface area contributed by atoms with E-state index in [0.29, 0.717) is 50.6 Å². The Morgan fingerprint density at radius 2 is 1.73 bits per heavy atom. The highest BCUT2D eigenvalue weighted by Gasteiger charge is 2.42. The molecule has 1 saturated carbocycles. The minimum atomic E-state index is -3.77. The van der Waals surface area contributed by atoms with Crippen molar-refractivity contribution in [3.63, 3.8) is 0 Å². The van der Waals surface area contributed by atoms with Crippen molar-refractivity contribution in [3.05, 3.63) is 57.5 Å². The number of amides is 2. The van der Waals surface area contributed by atoms with Gasteiger partial charge in [-0.1, -0.05) is 76.3 Å². The number of nitrogens with two attached hydrogens (primary N) is 1. The second-order valence-electron chi connectivity index (χ2n) is 14.4. The summed E-state index contributed by atoms with van der Waals surface area (Å²) in [7, 11) is -1.81. The van der Waals surface area contributed by atoms with Crippen LogP contribution >= 0.6 is 11.3 Å². The summed E-state index contributed by atoms with van der Waals surface area (Å²) in [6.45, 7) is 6.08. The van der Waals surface area contributed by atoms with E-state index < -0.39 is 51.9 Å². The topological polar surface area (TPSA) is 166 Å². The highest BCUT2D eigenvalue weighted by molar-refractivity contribution is 7.89. The van der Waals surface area contributed by atoms with Gasteiger partial charge >= 0.3 is 6.04 Å². The van der Waals surface area contributed by atoms with Gasteiger partial charge in [0.15, 0.2) is 0 Å². The molecule has 1 aromatic heterocycles. The van der Waals surface area contributed by atoms with E-state index in [1.807, 2.05) is 42.8 Å². The monoisotopic (exact) mass is 715 g/mol. The Morgan fingerprint density at radius 3 is 2.35 bits per heavy atom. The summed E-state index contributed by atoms with van der Waals surface area (Å²) in [5.41, 5.74) is 9.71. The van der Waals surface area contributed by atoms with Gasteiger partial charge in [-0.25, -0.2) is 13.4 Å². The molecule has 1 unspecified atom stereocenters. The predicted octanol–water partition coefficient (Wildman–Crippen LogP) is 3.66. The fraction of sp³-hybridized carbons (Fsp3) is 0.686.